The van der Waals surface area contributed by atoms with Crippen LogP contribution in [-0.4, -0.2) is 68.2 Å². The lowest BCUT2D eigenvalue weighted by molar-refractivity contribution is 0.0134. The summed E-state index contributed by atoms with van der Waals surface area (Å²) in [5.41, 5.74) is 1.04. The fourth-order valence-corrected chi connectivity index (χ4v) is 1.40. The van der Waals surface area contributed by atoms with Crippen molar-refractivity contribution in [3.8, 4) is 0 Å². The van der Waals surface area contributed by atoms with Crippen LogP contribution < -0.4 is 5.32 Å². The van der Waals surface area contributed by atoms with Crippen LogP contribution in [0.15, 0.2) is 6.20 Å². The van der Waals surface area contributed by atoms with Crippen LogP contribution in [0.2, 0.25) is 0 Å². The van der Waals surface area contributed by atoms with Gasteiger partial charge in [-0.2, -0.15) is 0 Å². The van der Waals surface area contributed by atoms with Crippen molar-refractivity contribution in [1.82, 2.24) is 20.3 Å². The number of aryl methyl sites for hydroxylation is 1. The van der Waals surface area contributed by atoms with Crippen molar-refractivity contribution in [3.05, 3.63) is 11.9 Å². The molecule has 0 aromatic carbocycles. The van der Waals surface area contributed by atoms with Crippen LogP contribution in [0.5, 0.6) is 0 Å². The Morgan fingerprint density at radius 3 is 2.10 bits per heavy atom. The number of likely N-dealkylation sites (N-methyl/N-ethyl adjacent to an activating group) is 1. The van der Waals surface area contributed by atoms with E-state index in [1.807, 2.05) is 32.5 Å². The third-order valence-electron chi connectivity index (χ3n) is 2.50. The molecule has 0 unspecified atom stereocenters. The predicted molar refractivity (Wildman–Crippen MR) is 82.5 cm³/mol. The quantitative estimate of drug-likeness (QED) is 0.578. The molecule has 21 heavy (non-hydrogen) atoms. The zero-order valence-corrected chi connectivity index (χ0v) is 13.8. The Morgan fingerprint density at radius 1 is 1.00 bits per heavy atom. The minimum absolute atomic E-state index is 0.588. The summed E-state index contributed by atoms with van der Waals surface area (Å²) in [7, 11) is 1.90. The van der Waals surface area contributed by atoms with Gasteiger partial charge in [0.1, 0.15) is 0 Å². The van der Waals surface area contributed by atoms with Crippen LogP contribution in [0.3, 0.4) is 0 Å². The molecule has 0 amide bonds. The number of nitrogens with zero attached hydrogens (tertiary/aromatic N) is 3. The van der Waals surface area contributed by atoms with Gasteiger partial charge in [-0.3, -0.25) is 0 Å². The molecule has 0 aliphatic heterocycles. The summed E-state index contributed by atoms with van der Waals surface area (Å²) in [5.74, 6) is 0. The molecule has 1 aromatic rings. The van der Waals surface area contributed by atoms with Gasteiger partial charge < -0.3 is 19.5 Å². The van der Waals surface area contributed by atoms with Gasteiger partial charge in [-0.25, -0.2) is 4.68 Å². The maximum atomic E-state index is 5.44. The summed E-state index contributed by atoms with van der Waals surface area (Å²) in [4.78, 5) is 0. The average Bonchev–Trinajstić information content (AvgIpc) is 2.92. The lowest BCUT2D eigenvalue weighted by Gasteiger charge is -2.07. The number of hydrogen-bond acceptors (Lipinski definition) is 6. The number of hydrogen-bond donors (Lipinski definition) is 1. The molecule has 1 rings (SSSR count). The van der Waals surface area contributed by atoms with E-state index >= 15 is 0 Å². The first-order valence-corrected chi connectivity index (χ1v) is 7.57. The van der Waals surface area contributed by atoms with E-state index in [4.69, 9.17) is 14.2 Å². The molecule has 1 N–H and O–H groups in total. The highest BCUT2D eigenvalue weighted by Crippen LogP contribution is 1.92. The molecular weight excluding hydrogens is 272 g/mol. The van der Waals surface area contributed by atoms with E-state index in [9.17, 15) is 0 Å². The zero-order valence-electron chi connectivity index (χ0n) is 13.8. The summed E-state index contributed by atoms with van der Waals surface area (Å²) in [6.45, 7) is 11.3. The Balaban J connectivity index is 0.00000191. The number of aromatic nitrogens is 3. The van der Waals surface area contributed by atoms with Gasteiger partial charge in [-0.1, -0.05) is 19.1 Å². The molecule has 0 saturated carbocycles. The van der Waals surface area contributed by atoms with Crippen molar-refractivity contribution < 1.29 is 14.2 Å². The van der Waals surface area contributed by atoms with Crippen molar-refractivity contribution in [1.29, 1.82) is 0 Å². The molecule has 1 heterocycles. The van der Waals surface area contributed by atoms with Crippen molar-refractivity contribution in [2.24, 2.45) is 0 Å². The van der Waals surface area contributed by atoms with Gasteiger partial charge in [0.2, 0.25) is 0 Å². The van der Waals surface area contributed by atoms with Gasteiger partial charge in [-0.15, -0.1) is 5.10 Å². The van der Waals surface area contributed by atoms with E-state index in [1.165, 1.54) is 0 Å². The smallest absolute Gasteiger partial charge is 0.0722 e. The lowest BCUT2D eigenvalue weighted by atomic mass is 10.5. The molecule has 0 aliphatic carbocycles. The highest BCUT2D eigenvalue weighted by atomic mass is 16.5. The summed E-state index contributed by atoms with van der Waals surface area (Å²) < 4.78 is 17.9. The third kappa shape index (κ3) is 11.3. The maximum Gasteiger partial charge on any atom is 0.0722 e. The fraction of sp³-hybridized carbons (Fsp3) is 0.857. The fourth-order valence-electron chi connectivity index (χ4n) is 1.40. The van der Waals surface area contributed by atoms with Crippen LogP contribution in [-0.2, 0) is 20.8 Å². The molecule has 0 saturated heterocycles. The van der Waals surface area contributed by atoms with Crippen LogP contribution >= 0.6 is 0 Å². The van der Waals surface area contributed by atoms with E-state index in [0.29, 0.717) is 39.6 Å². The normalized spacial score (nSPS) is 10.3. The molecule has 0 atom stereocenters. The monoisotopic (exact) mass is 302 g/mol. The van der Waals surface area contributed by atoms with E-state index in [0.717, 1.165) is 18.8 Å². The Kier molecular flexibility index (Phi) is 14.6. The summed E-state index contributed by atoms with van der Waals surface area (Å²) >= 11 is 0. The van der Waals surface area contributed by atoms with E-state index in [1.54, 1.807) is 6.20 Å². The minimum Gasteiger partial charge on any atom is -0.378 e. The van der Waals surface area contributed by atoms with E-state index in [-0.39, 0.29) is 0 Å². The Labute approximate surface area is 128 Å². The standard InChI is InChI=1S/C12H24N4O3.C2H6/c1-12-11-14-15-16(12)4-6-18-8-10-19-9-7-17-5-3-13-2;1-2/h11,13H,3-10H2,1-2H3;1-2H3. The SMILES string of the molecule is CC.CNCCOCCOCCOCCn1nncc1C. The van der Waals surface area contributed by atoms with Gasteiger partial charge in [0.25, 0.3) is 0 Å². The molecule has 1 aromatic heterocycles. The van der Waals surface area contributed by atoms with Gasteiger partial charge in [0, 0.05) is 6.54 Å². The van der Waals surface area contributed by atoms with E-state index in [2.05, 4.69) is 15.6 Å². The van der Waals surface area contributed by atoms with Crippen LogP contribution in [0.1, 0.15) is 19.5 Å². The van der Waals surface area contributed by atoms with Crippen LogP contribution in [0, 0.1) is 6.92 Å². The van der Waals surface area contributed by atoms with E-state index < -0.39 is 0 Å². The van der Waals surface area contributed by atoms with Gasteiger partial charge in [-0.05, 0) is 14.0 Å². The maximum absolute atomic E-state index is 5.44. The second-order valence-corrected chi connectivity index (χ2v) is 4.04. The van der Waals surface area contributed by atoms with Gasteiger partial charge in [0.05, 0.1) is 58.1 Å². The highest BCUT2D eigenvalue weighted by Gasteiger charge is 1.97. The van der Waals surface area contributed by atoms with Gasteiger partial charge in [0.15, 0.2) is 0 Å². The lowest BCUT2D eigenvalue weighted by Crippen LogP contribution is -2.17. The summed E-state index contributed by atoms with van der Waals surface area (Å²) in [6.07, 6.45) is 1.73. The van der Waals surface area contributed by atoms with Gasteiger partial charge >= 0.3 is 0 Å². The second-order valence-electron chi connectivity index (χ2n) is 4.04. The number of nitrogens with one attached hydrogen (secondary N) is 1. The molecule has 0 fully saturated rings. The molecule has 7 nitrogen and oxygen atoms in total. The topological polar surface area (TPSA) is 70.4 Å². The largest absolute Gasteiger partial charge is 0.378 e. The second kappa shape index (κ2) is 15.4. The number of rotatable bonds is 12. The molecular formula is C14H30N4O3. The number of ether oxygens (including phenoxy) is 3. The molecule has 0 spiro atoms. The Bertz CT molecular complexity index is 321. The zero-order chi connectivity index (χ0) is 15.8. The first kappa shape index (κ1) is 20.0. The first-order valence-electron chi connectivity index (χ1n) is 7.57. The van der Waals surface area contributed by atoms with Crippen LogP contribution in [0.4, 0.5) is 0 Å². The Hall–Kier alpha value is -1.02. The first-order chi connectivity index (χ1) is 10.3. The van der Waals surface area contributed by atoms with Crippen molar-refractivity contribution in [3.63, 3.8) is 0 Å². The predicted octanol–water partition coefficient (Wildman–Crippen LogP) is 0.882. The molecule has 0 bridgehead atoms. The van der Waals surface area contributed by atoms with Crippen molar-refractivity contribution in [2.45, 2.75) is 27.3 Å². The highest BCUT2D eigenvalue weighted by molar-refractivity contribution is 4.88. The molecule has 124 valence electrons. The molecule has 7 heteroatoms. The average molecular weight is 302 g/mol. The molecule has 0 aliphatic rings. The van der Waals surface area contributed by atoms with Crippen molar-refractivity contribution in [2.75, 3.05) is 53.2 Å². The third-order valence-corrected chi connectivity index (χ3v) is 2.50. The van der Waals surface area contributed by atoms with Crippen molar-refractivity contribution >= 4 is 0 Å². The summed E-state index contributed by atoms with van der Waals surface area (Å²) in [6, 6.07) is 0. The van der Waals surface area contributed by atoms with Crippen LogP contribution in [0.25, 0.3) is 0 Å². The summed E-state index contributed by atoms with van der Waals surface area (Å²) in [5, 5.41) is 10.7. The Morgan fingerprint density at radius 2 is 1.57 bits per heavy atom. The minimum atomic E-state index is 0.588. The molecule has 0 radical (unpaired) electrons.